The Balaban J connectivity index is 2.78. The number of halogens is 3. The Hall–Kier alpha value is -0.820. The Bertz CT molecular complexity index is 254. The van der Waals surface area contributed by atoms with Crippen molar-refractivity contribution in [3.05, 3.63) is 0 Å². The van der Waals surface area contributed by atoms with Gasteiger partial charge in [0.05, 0.1) is 6.04 Å². The van der Waals surface area contributed by atoms with Gasteiger partial charge in [0.1, 0.15) is 6.04 Å². The van der Waals surface area contributed by atoms with Gasteiger partial charge in [-0.05, 0) is 13.3 Å². The number of hydrogen-bond acceptors (Lipinski definition) is 3. The first kappa shape index (κ1) is 12.3. The van der Waals surface area contributed by atoms with Crippen molar-refractivity contribution in [3.8, 4) is 0 Å². The third-order valence-corrected chi connectivity index (χ3v) is 2.58. The predicted octanol–water partition coefficient (Wildman–Crippen LogP) is -0.176. The topological polar surface area (TPSA) is 72.3 Å². The molecule has 4 nitrogen and oxygen atoms in total. The Morgan fingerprint density at radius 2 is 2.07 bits per heavy atom. The molecule has 15 heavy (non-hydrogen) atoms. The van der Waals surface area contributed by atoms with Crippen LogP contribution in [0.4, 0.5) is 13.2 Å². The van der Waals surface area contributed by atoms with Gasteiger partial charge in [-0.2, -0.15) is 13.2 Å². The Morgan fingerprint density at radius 1 is 1.53 bits per heavy atom. The number of nitrogens with two attached hydrogens (primary N) is 2. The van der Waals surface area contributed by atoms with Crippen molar-refractivity contribution in [2.45, 2.75) is 37.6 Å². The Morgan fingerprint density at radius 3 is 2.27 bits per heavy atom. The molecule has 3 unspecified atom stereocenters. The first-order chi connectivity index (χ1) is 6.75. The second kappa shape index (κ2) is 3.97. The molecule has 7 heteroatoms. The quantitative estimate of drug-likeness (QED) is 0.700. The van der Waals surface area contributed by atoms with E-state index < -0.39 is 30.2 Å². The van der Waals surface area contributed by atoms with Crippen LogP contribution in [0.1, 0.15) is 13.3 Å². The van der Waals surface area contributed by atoms with Crippen LogP contribution in [0.25, 0.3) is 0 Å². The maximum absolute atomic E-state index is 12.6. The molecule has 88 valence electrons. The number of hydrogen-bond donors (Lipinski definition) is 2. The van der Waals surface area contributed by atoms with Crippen molar-refractivity contribution in [2.75, 3.05) is 6.54 Å². The first-order valence-corrected chi connectivity index (χ1v) is 4.62. The van der Waals surface area contributed by atoms with Crippen LogP contribution in [0, 0.1) is 0 Å². The normalized spacial score (nSPS) is 26.9. The van der Waals surface area contributed by atoms with E-state index in [9.17, 15) is 18.0 Å². The minimum Gasteiger partial charge on any atom is -0.368 e. The minimum atomic E-state index is -4.43. The van der Waals surface area contributed by atoms with Crippen LogP contribution in [0.5, 0.6) is 0 Å². The smallest absolute Gasteiger partial charge is 0.368 e. The van der Waals surface area contributed by atoms with Gasteiger partial charge in [-0.1, -0.05) is 0 Å². The van der Waals surface area contributed by atoms with Crippen LogP contribution in [0.3, 0.4) is 0 Å². The average molecular weight is 225 g/mol. The molecule has 0 aromatic rings. The molecule has 1 saturated heterocycles. The van der Waals surface area contributed by atoms with E-state index in [0.717, 1.165) is 4.90 Å². The first-order valence-electron chi connectivity index (χ1n) is 4.62. The summed E-state index contributed by atoms with van der Waals surface area (Å²) in [5, 5.41) is 0. The third kappa shape index (κ3) is 2.40. The van der Waals surface area contributed by atoms with Crippen LogP contribution in [-0.2, 0) is 4.79 Å². The van der Waals surface area contributed by atoms with Gasteiger partial charge in [0.25, 0.3) is 0 Å². The number of carbonyl (C=O) groups excluding carboxylic acids is 1. The van der Waals surface area contributed by atoms with Gasteiger partial charge in [-0.25, -0.2) is 0 Å². The van der Waals surface area contributed by atoms with Crippen LogP contribution in [0.15, 0.2) is 0 Å². The number of amides is 1. The van der Waals surface area contributed by atoms with Crippen molar-refractivity contribution in [1.82, 2.24) is 4.90 Å². The fourth-order valence-electron chi connectivity index (χ4n) is 1.83. The van der Waals surface area contributed by atoms with Gasteiger partial charge in [0.15, 0.2) is 0 Å². The highest BCUT2D eigenvalue weighted by molar-refractivity contribution is 5.80. The van der Waals surface area contributed by atoms with Crippen LogP contribution >= 0.6 is 0 Å². The molecule has 0 radical (unpaired) electrons. The largest absolute Gasteiger partial charge is 0.405 e. The molecule has 1 rings (SSSR count). The predicted molar refractivity (Wildman–Crippen MR) is 47.8 cm³/mol. The summed E-state index contributed by atoms with van der Waals surface area (Å²) >= 11 is 0. The van der Waals surface area contributed by atoms with E-state index in [-0.39, 0.29) is 6.54 Å². The SMILES string of the molecule is CC(N)C(N1CCC1C(N)=O)C(F)(F)F. The molecule has 0 spiro atoms. The minimum absolute atomic E-state index is 0.208. The molecule has 0 bridgehead atoms. The number of primary amides is 1. The van der Waals surface area contributed by atoms with E-state index in [1.54, 1.807) is 0 Å². The molecule has 1 amide bonds. The van der Waals surface area contributed by atoms with Crippen molar-refractivity contribution in [3.63, 3.8) is 0 Å². The third-order valence-electron chi connectivity index (χ3n) is 2.58. The maximum atomic E-state index is 12.6. The summed E-state index contributed by atoms with van der Waals surface area (Å²) in [5.74, 6) is -0.726. The summed E-state index contributed by atoms with van der Waals surface area (Å²) in [6, 6.07) is -3.70. The molecule has 0 aromatic carbocycles. The van der Waals surface area contributed by atoms with E-state index in [1.165, 1.54) is 6.92 Å². The Labute approximate surface area is 85.4 Å². The molecular formula is C8H14F3N3O. The molecule has 1 aliphatic heterocycles. The summed E-state index contributed by atoms with van der Waals surface area (Å²) in [4.78, 5) is 11.8. The van der Waals surface area contributed by atoms with Crippen molar-refractivity contribution in [2.24, 2.45) is 11.5 Å². The summed E-state index contributed by atoms with van der Waals surface area (Å²) in [5.41, 5.74) is 10.3. The summed E-state index contributed by atoms with van der Waals surface area (Å²) < 4.78 is 37.8. The zero-order chi connectivity index (χ0) is 11.8. The van der Waals surface area contributed by atoms with Gasteiger partial charge < -0.3 is 11.5 Å². The van der Waals surface area contributed by atoms with Gasteiger partial charge in [-0.15, -0.1) is 0 Å². The number of rotatable bonds is 3. The molecule has 1 fully saturated rings. The summed E-state index contributed by atoms with van der Waals surface area (Å²) in [6.07, 6.45) is -4.06. The lowest BCUT2D eigenvalue weighted by Crippen LogP contribution is -2.66. The summed E-state index contributed by atoms with van der Waals surface area (Å²) in [7, 11) is 0. The second-order valence-electron chi connectivity index (χ2n) is 3.79. The number of alkyl halides is 3. The van der Waals surface area contributed by atoms with Crippen LogP contribution < -0.4 is 11.5 Å². The molecule has 1 heterocycles. The number of carbonyl (C=O) groups is 1. The molecule has 3 atom stereocenters. The number of likely N-dealkylation sites (tertiary alicyclic amines) is 1. The standard InChI is InChI=1S/C8H14F3N3O/c1-4(12)6(8(9,10)11)14-3-2-5(14)7(13)15/h4-6H,2-3,12H2,1H3,(H2,13,15). The monoisotopic (exact) mass is 225 g/mol. The lowest BCUT2D eigenvalue weighted by molar-refractivity contribution is -0.206. The van der Waals surface area contributed by atoms with Crippen molar-refractivity contribution in [1.29, 1.82) is 0 Å². The van der Waals surface area contributed by atoms with Crippen molar-refractivity contribution >= 4 is 5.91 Å². The zero-order valence-corrected chi connectivity index (χ0v) is 8.29. The fraction of sp³-hybridized carbons (Fsp3) is 0.875. The van der Waals surface area contributed by atoms with Gasteiger partial charge >= 0.3 is 6.18 Å². The Kier molecular flexibility index (Phi) is 3.25. The zero-order valence-electron chi connectivity index (χ0n) is 8.29. The van der Waals surface area contributed by atoms with E-state index in [1.807, 2.05) is 0 Å². The maximum Gasteiger partial charge on any atom is 0.405 e. The van der Waals surface area contributed by atoms with Crippen LogP contribution in [-0.4, -0.2) is 41.7 Å². The highest BCUT2D eigenvalue weighted by Crippen LogP contribution is 2.32. The van der Waals surface area contributed by atoms with E-state index in [2.05, 4.69) is 0 Å². The van der Waals surface area contributed by atoms with E-state index in [4.69, 9.17) is 11.5 Å². The summed E-state index contributed by atoms with van der Waals surface area (Å²) in [6.45, 7) is 1.48. The molecule has 0 saturated carbocycles. The van der Waals surface area contributed by atoms with Crippen LogP contribution in [0.2, 0.25) is 0 Å². The molecular weight excluding hydrogens is 211 g/mol. The molecule has 0 aliphatic carbocycles. The second-order valence-corrected chi connectivity index (χ2v) is 3.79. The van der Waals surface area contributed by atoms with E-state index >= 15 is 0 Å². The highest BCUT2D eigenvalue weighted by Gasteiger charge is 2.51. The lowest BCUT2D eigenvalue weighted by atomic mass is 9.95. The molecule has 1 aliphatic rings. The molecule has 0 aromatic heterocycles. The van der Waals surface area contributed by atoms with Crippen molar-refractivity contribution < 1.29 is 18.0 Å². The molecule has 4 N–H and O–H groups in total. The fourth-order valence-corrected chi connectivity index (χ4v) is 1.83. The van der Waals surface area contributed by atoms with E-state index in [0.29, 0.717) is 6.42 Å². The van der Waals surface area contributed by atoms with Gasteiger partial charge in [0.2, 0.25) is 5.91 Å². The van der Waals surface area contributed by atoms with Gasteiger partial charge in [0, 0.05) is 12.6 Å². The van der Waals surface area contributed by atoms with Gasteiger partial charge in [-0.3, -0.25) is 9.69 Å². The average Bonchev–Trinajstić information content (AvgIpc) is 1.92. The lowest BCUT2D eigenvalue weighted by Gasteiger charge is -2.46. The number of nitrogens with zero attached hydrogens (tertiary/aromatic N) is 1. The highest BCUT2D eigenvalue weighted by atomic mass is 19.4.